The number of carbonyl (C=O) groups excluding carboxylic acids is 1. The molecule has 1 aliphatic heterocycles. The predicted molar refractivity (Wildman–Crippen MR) is 117 cm³/mol. The van der Waals surface area contributed by atoms with Crippen LogP contribution in [0.1, 0.15) is 58.0 Å². The monoisotopic (exact) mass is 496 g/mol. The van der Waals surface area contributed by atoms with Crippen LogP contribution in [0.5, 0.6) is 0 Å². The number of aromatic nitrogens is 2. The van der Waals surface area contributed by atoms with Gasteiger partial charge in [-0.2, -0.15) is 31.4 Å². The zero-order chi connectivity index (χ0) is 25.4. The topological polar surface area (TPSA) is 59.0 Å². The number of rotatable bonds is 5. The highest BCUT2D eigenvalue weighted by atomic mass is 19.4. The van der Waals surface area contributed by atoms with Gasteiger partial charge < -0.3 is 10.6 Å². The van der Waals surface area contributed by atoms with Gasteiger partial charge in [-0.1, -0.05) is 43.3 Å². The van der Waals surface area contributed by atoms with Crippen LogP contribution in [0.4, 0.5) is 32.2 Å². The molecule has 0 saturated carbocycles. The van der Waals surface area contributed by atoms with Crippen molar-refractivity contribution in [2.75, 3.05) is 5.32 Å². The van der Waals surface area contributed by atoms with E-state index in [-0.39, 0.29) is 29.9 Å². The highest BCUT2D eigenvalue weighted by molar-refractivity contribution is 5.98. The highest BCUT2D eigenvalue weighted by Gasteiger charge is 2.47. The molecule has 2 heterocycles. The first-order chi connectivity index (χ1) is 16.5. The van der Waals surface area contributed by atoms with Gasteiger partial charge in [-0.3, -0.25) is 4.79 Å². The largest absolute Gasteiger partial charge is 0.416 e. The number of alkyl halides is 6. The van der Waals surface area contributed by atoms with Crippen molar-refractivity contribution < 1.29 is 31.1 Å². The molecule has 11 heteroatoms. The Bertz CT molecular complexity index is 1200. The standard InChI is InChI=1S/C24H22F6N4O/c1-2-14-6-8-16(9-7-14)19-11-20(24(28,29)30)34-21(33-19)18(13-32-34)22(35)31-12-15-4-3-5-17(10-15)23(25,26)27/h3-10,13,19-20,33H,2,11-12H2,1H3,(H,31,35)/t19-,20+/m1/s1. The molecule has 4 rings (SSSR count). The lowest BCUT2D eigenvalue weighted by atomic mass is 9.95. The summed E-state index contributed by atoms with van der Waals surface area (Å²) < 4.78 is 81.1. The molecule has 0 fully saturated rings. The van der Waals surface area contributed by atoms with Crippen molar-refractivity contribution in [2.24, 2.45) is 0 Å². The molecule has 2 N–H and O–H groups in total. The number of fused-ring (bicyclic) bond motifs is 1. The third kappa shape index (κ3) is 5.28. The number of hydrogen-bond donors (Lipinski definition) is 2. The second-order valence-corrected chi connectivity index (χ2v) is 8.32. The number of aryl methyl sites for hydroxylation is 1. The maximum absolute atomic E-state index is 13.9. The zero-order valence-electron chi connectivity index (χ0n) is 18.5. The maximum Gasteiger partial charge on any atom is 0.416 e. The normalized spacial score (nSPS) is 18.0. The Labute approximate surface area is 197 Å². The molecule has 0 aliphatic carbocycles. The summed E-state index contributed by atoms with van der Waals surface area (Å²) in [7, 11) is 0. The molecule has 2 atom stereocenters. The van der Waals surface area contributed by atoms with E-state index >= 15 is 0 Å². The molecule has 35 heavy (non-hydrogen) atoms. The van der Waals surface area contributed by atoms with Crippen molar-refractivity contribution in [1.29, 1.82) is 0 Å². The first-order valence-electron chi connectivity index (χ1n) is 10.9. The average molecular weight is 496 g/mol. The van der Waals surface area contributed by atoms with Gasteiger partial charge in [0.15, 0.2) is 6.04 Å². The molecule has 0 radical (unpaired) electrons. The van der Waals surface area contributed by atoms with Crippen molar-refractivity contribution in [3.05, 3.63) is 82.5 Å². The molecule has 186 valence electrons. The van der Waals surface area contributed by atoms with Gasteiger partial charge in [0.25, 0.3) is 5.91 Å². The summed E-state index contributed by atoms with van der Waals surface area (Å²) in [5, 5.41) is 9.28. The van der Waals surface area contributed by atoms with E-state index in [2.05, 4.69) is 15.7 Å². The summed E-state index contributed by atoms with van der Waals surface area (Å²) in [5.41, 5.74) is 0.889. The van der Waals surface area contributed by atoms with Crippen LogP contribution in [0.15, 0.2) is 54.7 Å². The van der Waals surface area contributed by atoms with E-state index in [0.29, 0.717) is 5.56 Å². The first kappa shape index (κ1) is 24.6. The van der Waals surface area contributed by atoms with E-state index in [0.717, 1.165) is 35.0 Å². The van der Waals surface area contributed by atoms with E-state index in [4.69, 9.17) is 0 Å². The van der Waals surface area contributed by atoms with E-state index in [9.17, 15) is 31.1 Å². The van der Waals surface area contributed by atoms with Gasteiger partial charge in [-0.25, -0.2) is 4.68 Å². The summed E-state index contributed by atoms with van der Waals surface area (Å²) in [6, 6.07) is 8.98. The number of nitrogens with zero attached hydrogens (tertiary/aromatic N) is 2. The Balaban J connectivity index is 1.58. The van der Waals surface area contributed by atoms with Crippen molar-refractivity contribution in [3.8, 4) is 0 Å². The van der Waals surface area contributed by atoms with Gasteiger partial charge in [-0.05, 0) is 35.2 Å². The van der Waals surface area contributed by atoms with Crippen LogP contribution in [-0.2, 0) is 19.1 Å². The second kappa shape index (κ2) is 9.27. The lowest BCUT2D eigenvalue weighted by Gasteiger charge is -2.34. The fourth-order valence-corrected chi connectivity index (χ4v) is 4.07. The molecule has 5 nitrogen and oxygen atoms in total. The zero-order valence-corrected chi connectivity index (χ0v) is 18.5. The van der Waals surface area contributed by atoms with Crippen LogP contribution in [0.3, 0.4) is 0 Å². The van der Waals surface area contributed by atoms with Crippen LogP contribution in [0.25, 0.3) is 0 Å². The number of anilines is 1. The van der Waals surface area contributed by atoms with Gasteiger partial charge >= 0.3 is 12.4 Å². The first-order valence-corrected chi connectivity index (χ1v) is 10.9. The molecule has 0 saturated heterocycles. The minimum absolute atomic E-state index is 0.0929. The quantitative estimate of drug-likeness (QED) is 0.423. The molecule has 3 aromatic rings. The van der Waals surface area contributed by atoms with Crippen LogP contribution in [0, 0.1) is 0 Å². The van der Waals surface area contributed by atoms with Gasteiger partial charge in [0.1, 0.15) is 11.4 Å². The number of carbonyl (C=O) groups is 1. The van der Waals surface area contributed by atoms with E-state index in [1.807, 2.05) is 19.1 Å². The molecule has 0 unspecified atom stereocenters. The average Bonchev–Trinajstić information content (AvgIpc) is 3.25. The molecular weight excluding hydrogens is 474 g/mol. The lowest BCUT2D eigenvalue weighted by molar-refractivity contribution is -0.173. The van der Waals surface area contributed by atoms with Crippen LogP contribution in [0.2, 0.25) is 0 Å². The summed E-state index contributed by atoms with van der Waals surface area (Å²) in [6.07, 6.45) is -7.63. The van der Waals surface area contributed by atoms with Crippen molar-refractivity contribution in [1.82, 2.24) is 15.1 Å². The molecule has 0 spiro atoms. The SMILES string of the molecule is CCc1ccc([C@H]2C[C@@H](C(F)(F)F)n3ncc(C(=O)NCc4cccc(C(F)(F)F)c4)c3N2)cc1. The Hall–Kier alpha value is -3.50. The third-order valence-electron chi connectivity index (χ3n) is 5.98. The second-order valence-electron chi connectivity index (χ2n) is 8.32. The molecule has 2 aromatic carbocycles. The Kier molecular flexibility index (Phi) is 6.52. The van der Waals surface area contributed by atoms with Gasteiger partial charge in [0.2, 0.25) is 0 Å². The fourth-order valence-electron chi connectivity index (χ4n) is 4.07. The molecule has 1 aliphatic rings. The van der Waals surface area contributed by atoms with Crippen LogP contribution >= 0.6 is 0 Å². The molecule has 0 bridgehead atoms. The minimum Gasteiger partial charge on any atom is -0.363 e. The minimum atomic E-state index is -4.60. The Morgan fingerprint density at radius 3 is 2.43 bits per heavy atom. The van der Waals surface area contributed by atoms with Crippen molar-refractivity contribution >= 4 is 11.7 Å². The molecular formula is C24H22F6N4O. The lowest BCUT2D eigenvalue weighted by Crippen LogP contribution is -2.36. The fraction of sp³-hybridized carbons (Fsp3) is 0.333. The van der Waals surface area contributed by atoms with Crippen LogP contribution in [-0.4, -0.2) is 21.9 Å². The predicted octanol–water partition coefficient (Wildman–Crippen LogP) is 6.05. The molecule has 1 aromatic heterocycles. The third-order valence-corrected chi connectivity index (χ3v) is 5.98. The van der Waals surface area contributed by atoms with Crippen LogP contribution < -0.4 is 10.6 Å². The number of amides is 1. The van der Waals surface area contributed by atoms with Gasteiger partial charge in [-0.15, -0.1) is 0 Å². The van der Waals surface area contributed by atoms with Crippen molar-refractivity contribution in [3.63, 3.8) is 0 Å². The number of benzene rings is 2. The smallest absolute Gasteiger partial charge is 0.363 e. The highest BCUT2D eigenvalue weighted by Crippen LogP contribution is 2.44. The van der Waals surface area contributed by atoms with Gasteiger partial charge in [0.05, 0.1) is 17.8 Å². The van der Waals surface area contributed by atoms with E-state index in [1.165, 1.54) is 12.1 Å². The summed E-state index contributed by atoms with van der Waals surface area (Å²) in [4.78, 5) is 12.8. The summed E-state index contributed by atoms with van der Waals surface area (Å²) in [6.45, 7) is 1.73. The maximum atomic E-state index is 13.9. The molecule has 1 amide bonds. The summed E-state index contributed by atoms with van der Waals surface area (Å²) in [5.74, 6) is -0.844. The number of hydrogen-bond acceptors (Lipinski definition) is 3. The van der Waals surface area contributed by atoms with E-state index in [1.54, 1.807) is 12.1 Å². The van der Waals surface area contributed by atoms with Gasteiger partial charge in [0, 0.05) is 13.0 Å². The van der Waals surface area contributed by atoms with Crippen molar-refractivity contribution in [2.45, 2.75) is 50.7 Å². The van der Waals surface area contributed by atoms with E-state index < -0.39 is 35.9 Å². The Morgan fingerprint density at radius 1 is 1.09 bits per heavy atom. The number of nitrogens with one attached hydrogen (secondary N) is 2. The summed E-state index contributed by atoms with van der Waals surface area (Å²) >= 11 is 0. The number of halogens is 6. The Morgan fingerprint density at radius 2 is 1.80 bits per heavy atom.